The predicted octanol–water partition coefficient (Wildman–Crippen LogP) is 1.89. The molecule has 110 valence electrons. The standard InChI is InChI=1S/C16H26N4/c1-3-13(2)20-10-8-19(9-11-20)12-14-4-6-15(7-5-14)16(17)18/h4-7,13H,3,8-12H2,1-2H3,(H3,17,18). The van der Waals surface area contributed by atoms with Gasteiger partial charge in [0.2, 0.25) is 0 Å². The van der Waals surface area contributed by atoms with Gasteiger partial charge in [-0.05, 0) is 18.9 Å². The van der Waals surface area contributed by atoms with E-state index in [0.29, 0.717) is 6.04 Å². The Morgan fingerprint density at radius 1 is 1.20 bits per heavy atom. The van der Waals surface area contributed by atoms with Crippen LogP contribution >= 0.6 is 0 Å². The molecule has 0 aromatic heterocycles. The Labute approximate surface area is 122 Å². The molecule has 1 aromatic carbocycles. The molecule has 4 nitrogen and oxygen atoms in total. The van der Waals surface area contributed by atoms with Gasteiger partial charge in [0, 0.05) is 44.3 Å². The van der Waals surface area contributed by atoms with Crippen LogP contribution in [0, 0.1) is 5.41 Å². The summed E-state index contributed by atoms with van der Waals surface area (Å²) >= 11 is 0. The maximum Gasteiger partial charge on any atom is 0.122 e. The fourth-order valence-corrected chi connectivity index (χ4v) is 2.67. The quantitative estimate of drug-likeness (QED) is 0.637. The van der Waals surface area contributed by atoms with Crippen LogP contribution in [-0.4, -0.2) is 47.9 Å². The molecule has 0 aliphatic carbocycles. The Bertz CT molecular complexity index is 432. The van der Waals surface area contributed by atoms with Gasteiger partial charge in [0.15, 0.2) is 0 Å². The van der Waals surface area contributed by atoms with E-state index in [1.54, 1.807) is 0 Å². The highest BCUT2D eigenvalue weighted by atomic mass is 15.3. The molecule has 1 aromatic rings. The largest absolute Gasteiger partial charge is 0.384 e. The number of amidine groups is 1. The van der Waals surface area contributed by atoms with Gasteiger partial charge in [-0.1, -0.05) is 31.2 Å². The average molecular weight is 274 g/mol. The first-order valence-corrected chi connectivity index (χ1v) is 7.50. The summed E-state index contributed by atoms with van der Waals surface area (Å²) in [5.41, 5.74) is 7.57. The maximum atomic E-state index is 7.40. The normalized spacial score (nSPS) is 18.9. The Kier molecular flexibility index (Phi) is 5.15. The number of nitrogens with one attached hydrogen (secondary N) is 1. The Morgan fingerprint density at radius 3 is 2.30 bits per heavy atom. The van der Waals surface area contributed by atoms with E-state index >= 15 is 0 Å². The van der Waals surface area contributed by atoms with E-state index in [1.807, 2.05) is 12.1 Å². The molecule has 0 radical (unpaired) electrons. The molecule has 0 bridgehead atoms. The van der Waals surface area contributed by atoms with Gasteiger partial charge in [-0.25, -0.2) is 0 Å². The highest BCUT2D eigenvalue weighted by Crippen LogP contribution is 2.12. The number of piperazine rings is 1. The SMILES string of the molecule is CCC(C)N1CCN(Cc2ccc(C(=N)N)cc2)CC1. The number of nitrogen functional groups attached to an aromatic ring is 1. The van der Waals surface area contributed by atoms with Gasteiger partial charge in [0.25, 0.3) is 0 Å². The third kappa shape index (κ3) is 3.81. The van der Waals surface area contributed by atoms with Crippen molar-refractivity contribution in [3.8, 4) is 0 Å². The molecule has 20 heavy (non-hydrogen) atoms. The van der Waals surface area contributed by atoms with Gasteiger partial charge >= 0.3 is 0 Å². The van der Waals surface area contributed by atoms with Crippen molar-refractivity contribution in [1.82, 2.24) is 9.80 Å². The van der Waals surface area contributed by atoms with E-state index in [2.05, 4.69) is 35.8 Å². The molecular weight excluding hydrogens is 248 g/mol. The van der Waals surface area contributed by atoms with Crippen LogP contribution < -0.4 is 5.73 Å². The topological polar surface area (TPSA) is 56.4 Å². The average Bonchev–Trinajstić information content (AvgIpc) is 2.48. The fraction of sp³-hybridized carbons (Fsp3) is 0.562. The van der Waals surface area contributed by atoms with Crippen LogP contribution in [0.15, 0.2) is 24.3 Å². The second-order valence-electron chi connectivity index (χ2n) is 5.68. The van der Waals surface area contributed by atoms with Crippen LogP contribution in [0.2, 0.25) is 0 Å². The van der Waals surface area contributed by atoms with Crippen LogP contribution in [0.3, 0.4) is 0 Å². The van der Waals surface area contributed by atoms with E-state index in [1.165, 1.54) is 25.1 Å². The van der Waals surface area contributed by atoms with Crippen molar-refractivity contribution in [2.24, 2.45) is 5.73 Å². The first-order chi connectivity index (χ1) is 9.60. The zero-order valence-electron chi connectivity index (χ0n) is 12.6. The highest BCUT2D eigenvalue weighted by molar-refractivity contribution is 5.94. The summed E-state index contributed by atoms with van der Waals surface area (Å²) < 4.78 is 0. The number of rotatable bonds is 5. The van der Waals surface area contributed by atoms with Crippen LogP contribution in [-0.2, 0) is 6.54 Å². The molecule has 3 N–H and O–H groups in total. The van der Waals surface area contributed by atoms with Crippen molar-refractivity contribution in [2.75, 3.05) is 26.2 Å². The third-order valence-corrected chi connectivity index (χ3v) is 4.29. The van der Waals surface area contributed by atoms with Crippen molar-refractivity contribution in [3.05, 3.63) is 35.4 Å². The molecule has 0 spiro atoms. The lowest BCUT2D eigenvalue weighted by atomic mass is 10.1. The van der Waals surface area contributed by atoms with E-state index in [-0.39, 0.29) is 5.84 Å². The fourth-order valence-electron chi connectivity index (χ4n) is 2.67. The monoisotopic (exact) mass is 274 g/mol. The molecule has 0 saturated carbocycles. The summed E-state index contributed by atoms with van der Waals surface area (Å²) in [7, 11) is 0. The number of benzene rings is 1. The summed E-state index contributed by atoms with van der Waals surface area (Å²) in [6.45, 7) is 10.2. The summed E-state index contributed by atoms with van der Waals surface area (Å²) in [4.78, 5) is 5.08. The maximum absolute atomic E-state index is 7.40. The number of nitrogens with two attached hydrogens (primary N) is 1. The summed E-state index contributed by atoms with van der Waals surface area (Å²) in [5.74, 6) is 0.138. The lowest BCUT2D eigenvalue weighted by Gasteiger charge is -2.37. The summed E-state index contributed by atoms with van der Waals surface area (Å²) in [6, 6.07) is 8.74. The van der Waals surface area contributed by atoms with Crippen molar-refractivity contribution >= 4 is 5.84 Å². The summed E-state index contributed by atoms with van der Waals surface area (Å²) in [6.07, 6.45) is 1.23. The Morgan fingerprint density at radius 2 is 1.80 bits per heavy atom. The van der Waals surface area contributed by atoms with Gasteiger partial charge in [-0.2, -0.15) is 0 Å². The first-order valence-electron chi connectivity index (χ1n) is 7.50. The molecule has 1 aliphatic heterocycles. The zero-order valence-corrected chi connectivity index (χ0v) is 12.6. The molecule has 1 unspecified atom stereocenters. The number of nitrogens with zero attached hydrogens (tertiary/aromatic N) is 2. The van der Waals surface area contributed by atoms with Gasteiger partial charge in [-0.3, -0.25) is 15.2 Å². The summed E-state index contributed by atoms with van der Waals surface area (Å²) in [5, 5.41) is 7.40. The van der Waals surface area contributed by atoms with Crippen molar-refractivity contribution in [2.45, 2.75) is 32.9 Å². The van der Waals surface area contributed by atoms with Crippen molar-refractivity contribution in [1.29, 1.82) is 5.41 Å². The second-order valence-corrected chi connectivity index (χ2v) is 5.68. The van der Waals surface area contributed by atoms with Crippen LogP contribution in [0.25, 0.3) is 0 Å². The number of hydrogen-bond acceptors (Lipinski definition) is 3. The molecule has 4 heteroatoms. The van der Waals surface area contributed by atoms with E-state index < -0.39 is 0 Å². The van der Waals surface area contributed by atoms with Gasteiger partial charge in [0.1, 0.15) is 5.84 Å². The van der Waals surface area contributed by atoms with Gasteiger partial charge in [-0.15, -0.1) is 0 Å². The molecule has 2 rings (SSSR count). The molecule has 1 saturated heterocycles. The first kappa shape index (κ1) is 15.0. The second kappa shape index (κ2) is 6.86. The Hall–Kier alpha value is -1.39. The van der Waals surface area contributed by atoms with Crippen LogP contribution in [0.5, 0.6) is 0 Å². The molecule has 1 heterocycles. The molecule has 1 atom stereocenters. The third-order valence-electron chi connectivity index (χ3n) is 4.29. The lowest BCUT2D eigenvalue weighted by Crippen LogP contribution is -2.48. The lowest BCUT2D eigenvalue weighted by molar-refractivity contribution is 0.0964. The smallest absolute Gasteiger partial charge is 0.122 e. The minimum Gasteiger partial charge on any atom is -0.384 e. The zero-order chi connectivity index (χ0) is 14.5. The van der Waals surface area contributed by atoms with Gasteiger partial charge in [0.05, 0.1) is 0 Å². The minimum absolute atomic E-state index is 0.138. The molecule has 1 aliphatic rings. The number of hydrogen-bond donors (Lipinski definition) is 2. The van der Waals surface area contributed by atoms with E-state index in [4.69, 9.17) is 11.1 Å². The van der Waals surface area contributed by atoms with Crippen LogP contribution in [0.4, 0.5) is 0 Å². The molecular formula is C16H26N4. The van der Waals surface area contributed by atoms with Crippen molar-refractivity contribution in [3.63, 3.8) is 0 Å². The van der Waals surface area contributed by atoms with Gasteiger partial charge < -0.3 is 5.73 Å². The van der Waals surface area contributed by atoms with E-state index in [0.717, 1.165) is 25.2 Å². The molecule has 1 fully saturated rings. The molecule has 0 amide bonds. The Balaban J connectivity index is 1.84. The van der Waals surface area contributed by atoms with E-state index in [9.17, 15) is 0 Å². The minimum atomic E-state index is 0.138. The van der Waals surface area contributed by atoms with Crippen molar-refractivity contribution < 1.29 is 0 Å². The van der Waals surface area contributed by atoms with Crippen LogP contribution in [0.1, 0.15) is 31.4 Å². The highest BCUT2D eigenvalue weighted by Gasteiger charge is 2.19. The predicted molar refractivity (Wildman–Crippen MR) is 84.1 cm³/mol.